The van der Waals surface area contributed by atoms with E-state index < -0.39 is 0 Å². The van der Waals surface area contributed by atoms with E-state index >= 15 is 0 Å². The molecule has 0 aliphatic carbocycles. The second-order valence-corrected chi connectivity index (χ2v) is 4.03. The number of phenolic OH excluding ortho intramolecular Hbond substituents is 1. The molecule has 3 N–H and O–H groups in total. The average Bonchev–Trinajstić information content (AvgIpc) is 2.81. The number of aromatic nitrogens is 1. The molecule has 0 fully saturated rings. The number of nitrogens with one attached hydrogen (secondary N) is 2. The third-order valence-electron chi connectivity index (χ3n) is 2.73. The minimum Gasteiger partial charge on any atom is -0.508 e. The summed E-state index contributed by atoms with van der Waals surface area (Å²) in [6.45, 7) is 0. The largest absolute Gasteiger partial charge is 0.508 e. The number of hydrogen-bond donors (Lipinski definition) is 3. The highest BCUT2D eigenvalue weighted by Gasteiger charge is 2.08. The van der Waals surface area contributed by atoms with Gasteiger partial charge in [-0.3, -0.25) is 0 Å². The molecule has 0 radical (unpaired) electrons. The summed E-state index contributed by atoms with van der Waals surface area (Å²) in [5, 5.41) is 19.8. The SMILES string of the molecule is N=Cc1ccc(O)cc1Nc1nc2ccccc2o1. The second kappa shape index (κ2) is 4.45. The molecule has 5 heteroatoms. The van der Waals surface area contributed by atoms with Gasteiger partial charge in [0, 0.05) is 17.8 Å². The van der Waals surface area contributed by atoms with Crippen LogP contribution in [0, 0.1) is 5.41 Å². The van der Waals surface area contributed by atoms with Gasteiger partial charge in [0.1, 0.15) is 11.3 Å². The molecule has 0 aliphatic rings. The molecule has 0 bridgehead atoms. The summed E-state index contributed by atoms with van der Waals surface area (Å²) in [7, 11) is 0. The molecule has 0 spiro atoms. The normalized spacial score (nSPS) is 10.5. The highest BCUT2D eigenvalue weighted by molar-refractivity contribution is 5.87. The summed E-state index contributed by atoms with van der Waals surface area (Å²) in [4.78, 5) is 4.28. The molecule has 3 aromatic rings. The van der Waals surface area contributed by atoms with Crippen molar-refractivity contribution in [1.82, 2.24) is 4.98 Å². The lowest BCUT2D eigenvalue weighted by molar-refractivity contribution is 0.475. The van der Waals surface area contributed by atoms with Crippen LogP contribution in [0.25, 0.3) is 11.1 Å². The Bertz CT molecular complexity index is 716. The van der Waals surface area contributed by atoms with Crippen molar-refractivity contribution in [3.63, 3.8) is 0 Å². The Kier molecular flexibility index (Phi) is 2.64. The van der Waals surface area contributed by atoms with Gasteiger partial charge in [0.2, 0.25) is 0 Å². The first-order valence-corrected chi connectivity index (χ1v) is 5.72. The molecule has 0 amide bonds. The molecule has 19 heavy (non-hydrogen) atoms. The summed E-state index contributed by atoms with van der Waals surface area (Å²) in [6.07, 6.45) is 1.20. The molecular weight excluding hydrogens is 242 g/mol. The Morgan fingerprint density at radius 2 is 2.05 bits per heavy atom. The van der Waals surface area contributed by atoms with Gasteiger partial charge in [-0.05, 0) is 24.3 Å². The van der Waals surface area contributed by atoms with E-state index in [4.69, 9.17) is 9.83 Å². The minimum absolute atomic E-state index is 0.115. The lowest BCUT2D eigenvalue weighted by Crippen LogP contribution is -1.95. The summed E-state index contributed by atoms with van der Waals surface area (Å²) < 4.78 is 5.53. The minimum atomic E-state index is 0.115. The number of fused-ring (bicyclic) bond motifs is 1. The number of anilines is 2. The third kappa shape index (κ3) is 2.13. The van der Waals surface area contributed by atoms with E-state index in [-0.39, 0.29) is 5.75 Å². The predicted octanol–water partition coefficient (Wildman–Crippen LogP) is 3.27. The zero-order valence-electron chi connectivity index (χ0n) is 9.92. The number of hydrogen-bond acceptors (Lipinski definition) is 5. The maximum absolute atomic E-state index is 9.48. The Balaban J connectivity index is 2.00. The van der Waals surface area contributed by atoms with Gasteiger partial charge in [-0.1, -0.05) is 12.1 Å². The maximum Gasteiger partial charge on any atom is 0.300 e. The smallest absolute Gasteiger partial charge is 0.300 e. The number of oxazole rings is 1. The van der Waals surface area contributed by atoms with Gasteiger partial charge in [-0.2, -0.15) is 4.98 Å². The van der Waals surface area contributed by atoms with E-state index in [1.54, 1.807) is 6.07 Å². The molecule has 0 saturated heterocycles. The summed E-state index contributed by atoms with van der Waals surface area (Å²) in [5.41, 5.74) is 2.64. The molecule has 94 valence electrons. The van der Waals surface area contributed by atoms with Crippen LogP contribution in [0.1, 0.15) is 5.56 Å². The topological polar surface area (TPSA) is 82.1 Å². The van der Waals surface area contributed by atoms with Crippen LogP contribution in [0.2, 0.25) is 0 Å². The lowest BCUT2D eigenvalue weighted by Gasteiger charge is -2.05. The van der Waals surface area contributed by atoms with Crippen LogP contribution in [-0.4, -0.2) is 16.3 Å². The Morgan fingerprint density at radius 3 is 2.84 bits per heavy atom. The molecule has 2 aromatic carbocycles. The predicted molar refractivity (Wildman–Crippen MR) is 73.3 cm³/mol. The highest BCUT2D eigenvalue weighted by atomic mass is 16.4. The van der Waals surface area contributed by atoms with Crippen molar-refractivity contribution in [3.8, 4) is 5.75 Å². The van der Waals surface area contributed by atoms with Crippen LogP contribution in [0.3, 0.4) is 0 Å². The van der Waals surface area contributed by atoms with Crippen LogP contribution in [0.5, 0.6) is 5.75 Å². The van der Waals surface area contributed by atoms with Gasteiger partial charge in [-0.25, -0.2) is 0 Å². The van der Waals surface area contributed by atoms with E-state index in [0.29, 0.717) is 22.8 Å². The fraction of sp³-hybridized carbons (Fsp3) is 0. The zero-order chi connectivity index (χ0) is 13.2. The standard InChI is InChI=1S/C14H11N3O2/c15-8-9-5-6-10(18)7-12(9)17-14-16-11-3-1-2-4-13(11)19-14/h1-8,15,18H,(H,16,17). The van der Waals surface area contributed by atoms with Gasteiger partial charge in [0.25, 0.3) is 6.01 Å². The van der Waals surface area contributed by atoms with E-state index in [2.05, 4.69) is 10.3 Å². The summed E-state index contributed by atoms with van der Waals surface area (Å²) >= 11 is 0. The first-order chi connectivity index (χ1) is 9.26. The van der Waals surface area contributed by atoms with Crippen molar-refractivity contribution >= 4 is 29.0 Å². The van der Waals surface area contributed by atoms with Gasteiger partial charge in [-0.15, -0.1) is 0 Å². The zero-order valence-corrected chi connectivity index (χ0v) is 9.92. The van der Waals surface area contributed by atoms with Crippen molar-refractivity contribution in [1.29, 1.82) is 5.41 Å². The molecule has 0 atom stereocenters. The van der Waals surface area contributed by atoms with E-state index in [1.807, 2.05) is 24.3 Å². The molecular formula is C14H11N3O2. The van der Waals surface area contributed by atoms with Crippen molar-refractivity contribution in [2.24, 2.45) is 0 Å². The average molecular weight is 253 g/mol. The fourth-order valence-electron chi connectivity index (χ4n) is 1.82. The molecule has 3 rings (SSSR count). The Morgan fingerprint density at radius 1 is 1.21 bits per heavy atom. The quantitative estimate of drug-likeness (QED) is 0.625. The van der Waals surface area contributed by atoms with Crippen LogP contribution in [0.4, 0.5) is 11.7 Å². The molecule has 0 unspecified atom stereocenters. The van der Waals surface area contributed by atoms with Crippen molar-refractivity contribution < 1.29 is 9.52 Å². The monoisotopic (exact) mass is 253 g/mol. The van der Waals surface area contributed by atoms with Crippen LogP contribution in [0.15, 0.2) is 46.9 Å². The van der Waals surface area contributed by atoms with Crippen molar-refractivity contribution in [3.05, 3.63) is 48.0 Å². The van der Waals surface area contributed by atoms with Gasteiger partial charge in [0.15, 0.2) is 5.58 Å². The molecule has 0 aliphatic heterocycles. The van der Waals surface area contributed by atoms with E-state index in [0.717, 1.165) is 5.52 Å². The van der Waals surface area contributed by atoms with E-state index in [9.17, 15) is 5.11 Å². The molecule has 1 heterocycles. The van der Waals surface area contributed by atoms with Gasteiger partial charge in [0.05, 0.1) is 5.69 Å². The Labute approximate surface area is 109 Å². The number of para-hydroxylation sites is 2. The van der Waals surface area contributed by atoms with Crippen LogP contribution in [-0.2, 0) is 0 Å². The van der Waals surface area contributed by atoms with Crippen LogP contribution < -0.4 is 5.32 Å². The van der Waals surface area contributed by atoms with Gasteiger partial charge < -0.3 is 20.2 Å². The highest BCUT2D eigenvalue weighted by Crippen LogP contribution is 2.26. The first kappa shape index (κ1) is 11.3. The van der Waals surface area contributed by atoms with Crippen molar-refractivity contribution in [2.45, 2.75) is 0 Å². The van der Waals surface area contributed by atoms with Gasteiger partial charge >= 0.3 is 0 Å². The number of aromatic hydroxyl groups is 1. The fourth-order valence-corrected chi connectivity index (χ4v) is 1.82. The second-order valence-electron chi connectivity index (χ2n) is 4.03. The van der Waals surface area contributed by atoms with E-state index in [1.165, 1.54) is 18.3 Å². The third-order valence-corrected chi connectivity index (χ3v) is 2.73. The number of phenols is 1. The lowest BCUT2D eigenvalue weighted by atomic mass is 10.2. The Hall–Kier alpha value is -2.82. The molecule has 0 saturated carbocycles. The number of nitrogens with zero attached hydrogens (tertiary/aromatic N) is 1. The van der Waals surface area contributed by atoms with Crippen LogP contribution >= 0.6 is 0 Å². The summed E-state index contributed by atoms with van der Waals surface area (Å²) in [6, 6.07) is 12.5. The maximum atomic E-state index is 9.48. The summed E-state index contributed by atoms with van der Waals surface area (Å²) in [5.74, 6) is 0.115. The first-order valence-electron chi connectivity index (χ1n) is 5.72. The molecule has 1 aromatic heterocycles. The number of benzene rings is 2. The molecule has 5 nitrogen and oxygen atoms in total. The number of rotatable bonds is 3. The van der Waals surface area contributed by atoms with Crippen molar-refractivity contribution in [2.75, 3.05) is 5.32 Å².